The van der Waals surface area contributed by atoms with Gasteiger partial charge in [-0.05, 0) is 26.8 Å². The lowest BCUT2D eigenvalue weighted by atomic mass is 10.0. The highest BCUT2D eigenvalue weighted by atomic mass is 16.5. The first kappa shape index (κ1) is 13.4. The fourth-order valence-electron chi connectivity index (χ4n) is 2.58. The maximum Gasteiger partial charge on any atom is 0.124 e. The fourth-order valence-corrected chi connectivity index (χ4v) is 2.58. The van der Waals surface area contributed by atoms with Crippen molar-refractivity contribution in [3.63, 3.8) is 0 Å². The highest BCUT2D eigenvalue weighted by Gasteiger charge is 2.26. The SMILES string of the molecule is CC1CC(Oc2ccccc2C(C)N)CC(C)O1. The molecule has 1 saturated heterocycles. The predicted octanol–water partition coefficient (Wildman–Crippen LogP) is 3.04. The first-order valence-electron chi connectivity index (χ1n) is 6.73. The van der Waals surface area contributed by atoms with E-state index in [1.807, 2.05) is 31.2 Å². The topological polar surface area (TPSA) is 44.5 Å². The average molecular weight is 249 g/mol. The number of hydrogen-bond acceptors (Lipinski definition) is 3. The Hall–Kier alpha value is -1.06. The van der Waals surface area contributed by atoms with Crippen molar-refractivity contribution in [2.75, 3.05) is 0 Å². The molecule has 0 amide bonds. The summed E-state index contributed by atoms with van der Waals surface area (Å²) in [6.07, 6.45) is 2.64. The van der Waals surface area contributed by atoms with Gasteiger partial charge in [0, 0.05) is 24.4 Å². The maximum atomic E-state index is 6.13. The number of para-hydroxylation sites is 1. The van der Waals surface area contributed by atoms with Gasteiger partial charge < -0.3 is 15.2 Å². The molecule has 0 bridgehead atoms. The number of nitrogens with two attached hydrogens (primary N) is 1. The second-order valence-corrected chi connectivity index (χ2v) is 5.30. The molecule has 18 heavy (non-hydrogen) atoms. The van der Waals surface area contributed by atoms with Gasteiger partial charge in [0.2, 0.25) is 0 Å². The summed E-state index contributed by atoms with van der Waals surface area (Å²) < 4.78 is 11.9. The molecule has 1 fully saturated rings. The Kier molecular flexibility index (Phi) is 4.25. The molecule has 1 aromatic rings. The predicted molar refractivity (Wildman–Crippen MR) is 72.7 cm³/mol. The molecule has 1 aliphatic heterocycles. The van der Waals surface area contributed by atoms with Gasteiger partial charge in [-0.15, -0.1) is 0 Å². The maximum absolute atomic E-state index is 6.13. The molecule has 0 radical (unpaired) electrons. The molecule has 2 N–H and O–H groups in total. The molecule has 100 valence electrons. The van der Waals surface area contributed by atoms with Crippen LogP contribution in [-0.2, 0) is 4.74 Å². The van der Waals surface area contributed by atoms with Crippen LogP contribution in [0.4, 0.5) is 0 Å². The van der Waals surface area contributed by atoms with Gasteiger partial charge in [-0.3, -0.25) is 0 Å². The van der Waals surface area contributed by atoms with E-state index in [2.05, 4.69) is 13.8 Å². The minimum atomic E-state index is -0.00381. The molecule has 0 aliphatic carbocycles. The number of hydrogen-bond donors (Lipinski definition) is 1. The molecule has 3 heteroatoms. The average Bonchev–Trinajstić information content (AvgIpc) is 2.27. The Morgan fingerprint density at radius 2 is 1.83 bits per heavy atom. The van der Waals surface area contributed by atoms with Crippen molar-refractivity contribution in [1.82, 2.24) is 0 Å². The highest BCUT2D eigenvalue weighted by Crippen LogP contribution is 2.28. The van der Waals surface area contributed by atoms with Crippen LogP contribution in [0.15, 0.2) is 24.3 Å². The molecule has 3 atom stereocenters. The summed E-state index contributed by atoms with van der Waals surface area (Å²) in [5.41, 5.74) is 7.04. The van der Waals surface area contributed by atoms with Crippen LogP contribution < -0.4 is 10.5 Å². The zero-order chi connectivity index (χ0) is 13.1. The Morgan fingerprint density at radius 1 is 1.22 bits per heavy atom. The summed E-state index contributed by atoms with van der Waals surface area (Å²) in [5, 5.41) is 0. The molecule has 0 spiro atoms. The Bertz CT molecular complexity index is 382. The Balaban J connectivity index is 2.09. The lowest BCUT2D eigenvalue weighted by Crippen LogP contribution is -2.36. The molecule has 1 aliphatic rings. The first-order chi connectivity index (χ1) is 8.56. The van der Waals surface area contributed by atoms with Crippen molar-refractivity contribution in [2.24, 2.45) is 5.73 Å². The van der Waals surface area contributed by atoms with Gasteiger partial charge in [0.05, 0.1) is 12.2 Å². The Morgan fingerprint density at radius 3 is 2.44 bits per heavy atom. The van der Waals surface area contributed by atoms with Crippen LogP contribution in [0.3, 0.4) is 0 Å². The van der Waals surface area contributed by atoms with E-state index in [4.69, 9.17) is 15.2 Å². The molecule has 2 rings (SSSR count). The monoisotopic (exact) mass is 249 g/mol. The second kappa shape index (κ2) is 5.72. The van der Waals surface area contributed by atoms with Crippen LogP contribution in [0.25, 0.3) is 0 Å². The molecule has 3 nitrogen and oxygen atoms in total. The third-order valence-corrected chi connectivity index (χ3v) is 3.36. The largest absolute Gasteiger partial charge is 0.490 e. The lowest BCUT2D eigenvalue weighted by Gasteiger charge is -2.33. The van der Waals surface area contributed by atoms with Gasteiger partial charge in [-0.2, -0.15) is 0 Å². The summed E-state index contributed by atoms with van der Waals surface area (Å²) >= 11 is 0. The van der Waals surface area contributed by atoms with Crippen molar-refractivity contribution in [3.05, 3.63) is 29.8 Å². The van der Waals surface area contributed by atoms with E-state index in [1.165, 1.54) is 0 Å². The summed E-state index contributed by atoms with van der Waals surface area (Å²) in [7, 11) is 0. The van der Waals surface area contributed by atoms with Crippen molar-refractivity contribution in [3.8, 4) is 5.75 Å². The Labute approximate surface area is 109 Å². The number of rotatable bonds is 3. The summed E-state index contributed by atoms with van der Waals surface area (Å²) in [4.78, 5) is 0. The smallest absolute Gasteiger partial charge is 0.124 e. The molecule has 3 unspecified atom stereocenters. The third-order valence-electron chi connectivity index (χ3n) is 3.36. The molecular formula is C15H23NO2. The van der Waals surface area contributed by atoms with Crippen molar-refractivity contribution in [2.45, 2.75) is 58.0 Å². The van der Waals surface area contributed by atoms with E-state index in [1.54, 1.807) is 0 Å². The van der Waals surface area contributed by atoms with Crippen LogP contribution in [0.1, 0.15) is 45.2 Å². The van der Waals surface area contributed by atoms with Crippen LogP contribution in [-0.4, -0.2) is 18.3 Å². The van der Waals surface area contributed by atoms with Gasteiger partial charge in [-0.25, -0.2) is 0 Å². The minimum absolute atomic E-state index is 0.00381. The van der Waals surface area contributed by atoms with Gasteiger partial charge >= 0.3 is 0 Å². The van der Waals surface area contributed by atoms with E-state index >= 15 is 0 Å². The molecular weight excluding hydrogens is 226 g/mol. The molecule has 0 aromatic heterocycles. The fraction of sp³-hybridized carbons (Fsp3) is 0.600. The van der Waals surface area contributed by atoms with Gasteiger partial charge in [0.1, 0.15) is 11.9 Å². The molecule has 1 heterocycles. The van der Waals surface area contributed by atoms with E-state index < -0.39 is 0 Å². The second-order valence-electron chi connectivity index (χ2n) is 5.30. The number of benzene rings is 1. The van der Waals surface area contributed by atoms with Crippen molar-refractivity contribution in [1.29, 1.82) is 0 Å². The van der Waals surface area contributed by atoms with E-state index in [0.717, 1.165) is 24.2 Å². The van der Waals surface area contributed by atoms with E-state index in [9.17, 15) is 0 Å². The third kappa shape index (κ3) is 3.24. The standard InChI is InChI=1S/C15H23NO2/c1-10-8-13(9-11(2)17-10)18-15-7-5-4-6-14(15)12(3)16/h4-7,10-13H,8-9,16H2,1-3H3. The lowest BCUT2D eigenvalue weighted by molar-refractivity contribution is -0.0723. The number of ether oxygens (including phenoxy) is 2. The summed E-state index contributed by atoms with van der Waals surface area (Å²) in [6, 6.07) is 8.03. The van der Waals surface area contributed by atoms with E-state index in [0.29, 0.717) is 0 Å². The summed E-state index contributed by atoms with van der Waals surface area (Å²) in [6.45, 7) is 6.18. The first-order valence-corrected chi connectivity index (χ1v) is 6.73. The van der Waals surface area contributed by atoms with Gasteiger partial charge in [0.25, 0.3) is 0 Å². The van der Waals surface area contributed by atoms with Crippen molar-refractivity contribution < 1.29 is 9.47 Å². The van der Waals surface area contributed by atoms with Gasteiger partial charge in [0.15, 0.2) is 0 Å². The minimum Gasteiger partial charge on any atom is -0.490 e. The normalized spacial score (nSPS) is 29.9. The highest BCUT2D eigenvalue weighted by molar-refractivity contribution is 5.35. The molecule has 1 aromatic carbocycles. The van der Waals surface area contributed by atoms with Gasteiger partial charge in [-0.1, -0.05) is 18.2 Å². The van der Waals surface area contributed by atoms with Crippen LogP contribution in [0.5, 0.6) is 5.75 Å². The summed E-state index contributed by atoms with van der Waals surface area (Å²) in [5.74, 6) is 0.916. The van der Waals surface area contributed by atoms with Crippen LogP contribution >= 0.6 is 0 Å². The van der Waals surface area contributed by atoms with E-state index in [-0.39, 0.29) is 24.4 Å². The molecule has 0 saturated carbocycles. The van der Waals surface area contributed by atoms with Crippen LogP contribution in [0, 0.1) is 0 Å². The zero-order valence-corrected chi connectivity index (χ0v) is 11.4. The quantitative estimate of drug-likeness (QED) is 0.895. The van der Waals surface area contributed by atoms with Crippen LogP contribution in [0.2, 0.25) is 0 Å². The van der Waals surface area contributed by atoms with Crippen molar-refractivity contribution >= 4 is 0 Å². The zero-order valence-electron chi connectivity index (χ0n) is 11.4.